The maximum absolute atomic E-state index is 13.9. The monoisotopic (exact) mass is 731 g/mol. The number of thioether (sulfide) groups is 1. The smallest absolute Gasteiger partial charge is 0.333 e. The molecule has 0 aliphatic rings. The van der Waals surface area contributed by atoms with E-state index in [9.17, 15) is 43.5 Å². The predicted molar refractivity (Wildman–Crippen MR) is 189 cm³/mol. The Labute approximate surface area is 299 Å². The average molecular weight is 732 g/mol. The van der Waals surface area contributed by atoms with Crippen molar-refractivity contribution in [2.24, 2.45) is 5.41 Å². The Kier molecular flexibility index (Phi) is 19.0. The fourth-order valence-corrected chi connectivity index (χ4v) is 5.32. The third-order valence-corrected chi connectivity index (χ3v) is 8.34. The van der Waals surface area contributed by atoms with E-state index in [4.69, 9.17) is 0 Å². The van der Waals surface area contributed by atoms with Gasteiger partial charge in [-0.15, -0.1) is 11.8 Å². The minimum absolute atomic E-state index is 0.0370. The van der Waals surface area contributed by atoms with Gasteiger partial charge in [-0.2, -0.15) is 0 Å². The summed E-state index contributed by atoms with van der Waals surface area (Å²) in [6, 6.07) is -7.10. The van der Waals surface area contributed by atoms with Gasteiger partial charge in [-0.05, 0) is 32.6 Å². The fourth-order valence-electron chi connectivity index (χ4n) is 4.18. The molecule has 3 atom stereocenters. The van der Waals surface area contributed by atoms with Gasteiger partial charge in [-0.3, -0.25) is 34.7 Å². The van der Waals surface area contributed by atoms with E-state index in [1.54, 1.807) is 0 Å². The van der Waals surface area contributed by atoms with E-state index >= 15 is 0 Å². The van der Waals surface area contributed by atoms with Gasteiger partial charge in [-0.1, -0.05) is 27.7 Å². The van der Waals surface area contributed by atoms with Crippen molar-refractivity contribution in [1.82, 2.24) is 46.2 Å². The zero-order chi connectivity index (χ0) is 39.1. The number of aliphatic hydroxyl groups is 1. The molecule has 50 heavy (non-hydrogen) atoms. The standard InChI is InChI=1S/C31H57N9O9S/c1-13-14-21(41)38(10)25(50-16-15-33-18-30(3,4)5)24(44)37(9)20(17-31(6,7)49)22(42)35-28(47)40(12)29(48)36-26(45)34-19(2)23(43)39(11)27(46)32-8/h19-20,25,33,49H,13-18H2,1-12H3,(H,32,46)(H,35,42,47)(H2,34,36,45,48)/t19-,20-,25+/m0/s1. The number of rotatable bonds is 15. The normalized spacial score (nSPS) is 13.1. The molecular formula is C31H57N9O9S. The molecule has 286 valence electrons. The van der Waals surface area contributed by atoms with E-state index in [1.807, 2.05) is 17.6 Å². The van der Waals surface area contributed by atoms with Crippen LogP contribution in [0.3, 0.4) is 0 Å². The van der Waals surface area contributed by atoms with Crippen molar-refractivity contribution >= 4 is 59.5 Å². The van der Waals surface area contributed by atoms with Gasteiger partial charge in [0.1, 0.15) is 12.1 Å². The van der Waals surface area contributed by atoms with Gasteiger partial charge in [0.25, 0.3) is 17.7 Å². The van der Waals surface area contributed by atoms with Gasteiger partial charge in [0.15, 0.2) is 5.37 Å². The van der Waals surface area contributed by atoms with Gasteiger partial charge >= 0.3 is 24.1 Å². The SMILES string of the molecule is CCCC(=O)N(C)[C@H](SCCNCC(C)(C)C)C(=O)N(C)[C@@H](CC(C)(C)O)C(=O)NC(=O)N(C)C(=O)NC(=O)N[C@@H](C)C(=O)N(C)C(=O)NC. The molecule has 0 saturated heterocycles. The second-order valence-corrected chi connectivity index (χ2v) is 14.8. The van der Waals surface area contributed by atoms with Crippen LogP contribution >= 0.6 is 11.8 Å². The Bertz CT molecular complexity index is 1240. The molecule has 0 aliphatic carbocycles. The number of urea groups is 4. The summed E-state index contributed by atoms with van der Waals surface area (Å²) in [6.07, 6.45) is 0.433. The van der Waals surface area contributed by atoms with Crippen LogP contribution in [0.5, 0.6) is 0 Å². The molecule has 0 spiro atoms. The molecule has 0 aromatic rings. The number of carbonyl (C=O) groups excluding carboxylic acids is 8. The maximum atomic E-state index is 13.9. The van der Waals surface area contributed by atoms with Crippen molar-refractivity contribution in [3.63, 3.8) is 0 Å². The highest BCUT2D eigenvalue weighted by molar-refractivity contribution is 8.00. The van der Waals surface area contributed by atoms with Gasteiger partial charge in [0.2, 0.25) is 5.91 Å². The van der Waals surface area contributed by atoms with E-state index in [0.717, 1.165) is 23.4 Å². The minimum Gasteiger partial charge on any atom is -0.390 e. The van der Waals surface area contributed by atoms with Crippen LogP contribution in [0.25, 0.3) is 0 Å². The van der Waals surface area contributed by atoms with Crippen LogP contribution in [-0.4, -0.2) is 150 Å². The zero-order valence-electron chi connectivity index (χ0n) is 31.4. The summed E-state index contributed by atoms with van der Waals surface area (Å²) >= 11 is 1.20. The van der Waals surface area contributed by atoms with Crippen LogP contribution in [0.1, 0.15) is 67.7 Å². The first-order chi connectivity index (χ1) is 22.9. The van der Waals surface area contributed by atoms with Gasteiger partial charge < -0.3 is 30.9 Å². The zero-order valence-corrected chi connectivity index (χ0v) is 32.2. The first-order valence-corrected chi connectivity index (χ1v) is 17.2. The number of nitrogens with one attached hydrogen (secondary N) is 5. The Morgan fingerprint density at radius 1 is 0.800 bits per heavy atom. The van der Waals surface area contributed by atoms with Crippen molar-refractivity contribution in [1.29, 1.82) is 0 Å². The van der Waals surface area contributed by atoms with Crippen molar-refractivity contribution in [2.45, 2.75) is 90.8 Å². The van der Waals surface area contributed by atoms with Crippen molar-refractivity contribution in [3.05, 3.63) is 0 Å². The van der Waals surface area contributed by atoms with Crippen LogP contribution in [0, 0.1) is 5.41 Å². The third kappa shape index (κ3) is 16.2. The number of nitrogens with zero attached hydrogens (tertiary/aromatic N) is 4. The number of hydrogen-bond acceptors (Lipinski definition) is 11. The van der Waals surface area contributed by atoms with Crippen LogP contribution < -0.4 is 26.6 Å². The van der Waals surface area contributed by atoms with Crippen LogP contribution in [0.15, 0.2) is 0 Å². The molecule has 0 unspecified atom stereocenters. The summed E-state index contributed by atoms with van der Waals surface area (Å²) < 4.78 is 0. The van der Waals surface area contributed by atoms with E-state index in [-0.39, 0.29) is 24.2 Å². The first kappa shape index (κ1) is 46.0. The third-order valence-electron chi connectivity index (χ3n) is 7.07. The number of imide groups is 4. The number of carbonyl (C=O) groups is 8. The van der Waals surface area contributed by atoms with Crippen LogP contribution in [0.2, 0.25) is 0 Å². The second-order valence-electron chi connectivity index (χ2n) is 13.6. The highest BCUT2D eigenvalue weighted by Gasteiger charge is 2.38. The van der Waals surface area contributed by atoms with E-state index in [2.05, 4.69) is 36.7 Å². The molecular weight excluding hydrogens is 674 g/mol. The van der Waals surface area contributed by atoms with Crippen LogP contribution in [0.4, 0.5) is 19.2 Å². The lowest BCUT2D eigenvalue weighted by atomic mass is 9.97. The van der Waals surface area contributed by atoms with Crippen molar-refractivity contribution in [3.8, 4) is 0 Å². The van der Waals surface area contributed by atoms with Gasteiger partial charge in [0.05, 0.1) is 5.60 Å². The summed E-state index contributed by atoms with van der Waals surface area (Å²) in [5.74, 6) is -2.27. The highest BCUT2D eigenvalue weighted by atomic mass is 32.2. The summed E-state index contributed by atoms with van der Waals surface area (Å²) in [5.41, 5.74) is -1.46. The molecule has 0 aromatic carbocycles. The molecule has 0 heterocycles. The highest BCUT2D eigenvalue weighted by Crippen LogP contribution is 2.22. The molecule has 18 nitrogen and oxygen atoms in total. The van der Waals surface area contributed by atoms with E-state index in [0.29, 0.717) is 23.6 Å². The van der Waals surface area contributed by atoms with Gasteiger partial charge in [-0.25, -0.2) is 24.1 Å². The lowest BCUT2D eigenvalue weighted by Gasteiger charge is -2.36. The largest absolute Gasteiger partial charge is 0.390 e. The van der Waals surface area contributed by atoms with Crippen molar-refractivity contribution < 1.29 is 43.5 Å². The lowest BCUT2D eigenvalue weighted by molar-refractivity contribution is -0.145. The minimum atomic E-state index is -1.50. The summed E-state index contributed by atoms with van der Waals surface area (Å²) in [7, 11) is 6.28. The van der Waals surface area contributed by atoms with Crippen LogP contribution in [-0.2, 0) is 19.2 Å². The number of hydrogen-bond donors (Lipinski definition) is 6. The Morgan fingerprint density at radius 3 is 1.86 bits per heavy atom. The Morgan fingerprint density at radius 2 is 1.36 bits per heavy atom. The topological polar surface area (TPSA) is 230 Å². The first-order valence-electron chi connectivity index (χ1n) is 16.1. The lowest BCUT2D eigenvalue weighted by Crippen LogP contribution is -2.58. The molecule has 0 rings (SSSR count). The number of likely N-dealkylation sites (N-methyl/N-ethyl adjacent to an activating group) is 3. The van der Waals surface area contributed by atoms with E-state index in [1.165, 1.54) is 65.6 Å². The maximum Gasteiger partial charge on any atom is 0.333 e. The molecule has 0 aromatic heterocycles. The fraction of sp³-hybridized carbons (Fsp3) is 0.742. The van der Waals surface area contributed by atoms with E-state index < -0.39 is 64.9 Å². The molecule has 12 amide bonds. The molecule has 6 N–H and O–H groups in total. The summed E-state index contributed by atoms with van der Waals surface area (Å²) in [5, 5.41) is 21.2. The molecule has 19 heteroatoms. The van der Waals surface area contributed by atoms with Crippen molar-refractivity contribution in [2.75, 3.05) is 54.1 Å². The Balaban J connectivity index is 5.85. The summed E-state index contributed by atoms with van der Waals surface area (Å²) in [6.45, 7) is 13.4. The predicted octanol–water partition coefficient (Wildman–Crippen LogP) is 0.701. The molecule has 0 saturated carbocycles. The quantitative estimate of drug-likeness (QED) is 0.101. The summed E-state index contributed by atoms with van der Waals surface area (Å²) in [4.78, 5) is 105. The molecule has 0 aliphatic heterocycles. The van der Waals surface area contributed by atoms with Gasteiger partial charge in [0, 0.05) is 66.9 Å². The number of amides is 12. The molecule has 0 radical (unpaired) electrons. The second kappa shape index (κ2) is 20.6. The average Bonchev–Trinajstić information content (AvgIpc) is 3.01. The molecule has 0 fully saturated rings. The Hall–Kier alpha value is -3.97. The molecule has 0 bridgehead atoms.